The molecule has 0 N–H and O–H groups in total. The third-order valence-corrected chi connectivity index (χ3v) is 3.84. The van der Waals surface area contributed by atoms with E-state index in [1.165, 1.54) is 0 Å². The van der Waals surface area contributed by atoms with Crippen LogP contribution in [-0.4, -0.2) is 42.0 Å². The molecule has 1 amide bonds. The highest BCUT2D eigenvalue weighted by Crippen LogP contribution is 2.20. The highest BCUT2D eigenvalue weighted by atomic mass is 16.2. The number of anilines is 1. The number of hydrogen-bond acceptors (Lipinski definition) is 3. The van der Waals surface area contributed by atoms with Crippen LogP contribution < -0.4 is 4.90 Å². The second-order valence-corrected chi connectivity index (χ2v) is 5.16. The maximum absolute atomic E-state index is 11.9. The van der Waals surface area contributed by atoms with Crippen molar-refractivity contribution in [3.05, 3.63) is 24.4 Å². The molecule has 0 unspecified atom stereocenters. The Balaban J connectivity index is 1.87. The molecule has 19 heavy (non-hydrogen) atoms. The van der Waals surface area contributed by atoms with E-state index in [0.29, 0.717) is 12.5 Å². The Morgan fingerprint density at radius 3 is 2.74 bits per heavy atom. The Kier molecular flexibility index (Phi) is 4.77. The van der Waals surface area contributed by atoms with E-state index in [9.17, 15) is 4.79 Å². The standard InChI is InChI=1S/C15H23N3O/c1-3-6-15(19)17(2)13-8-11-18(12-9-13)14-7-4-5-10-16-14/h4-5,7,10,13H,3,6,8-9,11-12H2,1-2H3. The molecule has 0 bridgehead atoms. The van der Waals surface area contributed by atoms with E-state index < -0.39 is 0 Å². The summed E-state index contributed by atoms with van der Waals surface area (Å²) in [5.74, 6) is 1.32. The van der Waals surface area contributed by atoms with Crippen molar-refractivity contribution < 1.29 is 4.79 Å². The molecule has 1 aromatic rings. The van der Waals surface area contributed by atoms with Crippen molar-refractivity contribution in [2.75, 3.05) is 25.0 Å². The molecule has 1 saturated heterocycles. The molecule has 1 fully saturated rings. The number of rotatable bonds is 4. The first-order chi connectivity index (χ1) is 9.22. The number of carbonyl (C=O) groups excluding carboxylic acids is 1. The summed E-state index contributed by atoms with van der Waals surface area (Å²) in [6.45, 7) is 4.01. The molecular formula is C15H23N3O. The first-order valence-electron chi connectivity index (χ1n) is 7.14. The van der Waals surface area contributed by atoms with Crippen molar-refractivity contribution in [2.24, 2.45) is 0 Å². The molecule has 0 radical (unpaired) electrons. The first kappa shape index (κ1) is 13.8. The van der Waals surface area contributed by atoms with Gasteiger partial charge in [0.15, 0.2) is 0 Å². The molecule has 1 aromatic heterocycles. The van der Waals surface area contributed by atoms with Gasteiger partial charge in [-0.05, 0) is 31.4 Å². The summed E-state index contributed by atoms with van der Waals surface area (Å²) in [7, 11) is 1.94. The van der Waals surface area contributed by atoms with Gasteiger partial charge in [-0.3, -0.25) is 4.79 Å². The summed E-state index contributed by atoms with van der Waals surface area (Å²) < 4.78 is 0. The molecule has 1 aliphatic heterocycles. The molecule has 104 valence electrons. The summed E-state index contributed by atoms with van der Waals surface area (Å²) in [6.07, 6.45) is 5.48. The van der Waals surface area contributed by atoms with Crippen LogP contribution in [0.15, 0.2) is 24.4 Å². The van der Waals surface area contributed by atoms with Crippen molar-refractivity contribution in [1.29, 1.82) is 0 Å². The Morgan fingerprint density at radius 2 is 2.16 bits per heavy atom. The molecule has 2 rings (SSSR count). The largest absolute Gasteiger partial charge is 0.356 e. The minimum Gasteiger partial charge on any atom is -0.356 e. The number of amides is 1. The minimum atomic E-state index is 0.277. The predicted octanol–water partition coefficient (Wildman–Crippen LogP) is 2.31. The zero-order valence-corrected chi connectivity index (χ0v) is 11.9. The van der Waals surface area contributed by atoms with E-state index in [1.807, 2.05) is 36.3 Å². The summed E-state index contributed by atoms with van der Waals surface area (Å²) in [5, 5.41) is 0. The topological polar surface area (TPSA) is 36.4 Å². The summed E-state index contributed by atoms with van der Waals surface area (Å²) >= 11 is 0. The summed E-state index contributed by atoms with van der Waals surface area (Å²) in [5.41, 5.74) is 0. The molecular weight excluding hydrogens is 238 g/mol. The Morgan fingerprint density at radius 1 is 1.42 bits per heavy atom. The van der Waals surface area contributed by atoms with E-state index >= 15 is 0 Å². The quantitative estimate of drug-likeness (QED) is 0.834. The first-order valence-corrected chi connectivity index (χ1v) is 7.14. The molecule has 4 nitrogen and oxygen atoms in total. The van der Waals surface area contributed by atoms with Crippen molar-refractivity contribution in [1.82, 2.24) is 9.88 Å². The van der Waals surface area contributed by atoms with E-state index in [0.717, 1.165) is 38.2 Å². The van der Waals surface area contributed by atoms with Gasteiger partial charge >= 0.3 is 0 Å². The van der Waals surface area contributed by atoms with Crippen molar-refractivity contribution in [3.8, 4) is 0 Å². The lowest BCUT2D eigenvalue weighted by Crippen LogP contribution is -2.45. The van der Waals surface area contributed by atoms with Crippen molar-refractivity contribution >= 4 is 11.7 Å². The average Bonchev–Trinajstić information content (AvgIpc) is 2.48. The Hall–Kier alpha value is -1.58. The van der Waals surface area contributed by atoms with Gasteiger partial charge in [0.1, 0.15) is 5.82 Å². The van der Waals surface area contributed by atoms with Crippen LogP contribution in [0.3, 0.4) is 0 Å². The van der Waals surface area contributed by atoms with Crippen LogP contribution in [0, 0.1) is 0 Å². The number of nitrogens with zero attached hydrogens (tertiary/aromatic N) is 3. The highest BCUT2D eigenvalue weighted by Gasteiger charge is 2.25. The predicted molar refractivity (Wildman–Crippen MR) is 77.2 cm³/mol. The van der Waals surface area contributed by atoms with Gasteiger partial charge in [0.05, 0.1) is 0 Å². The van der Waals surface area contributed by atoms with Gasteiger partial charge < -0.3 is 9.80 Å². The fraction of sp³-hybridized carbons (Fsp3) is 0.600. The maximum Gasteiger partial charge on any atom is 0.222 e. The molecule has 4 heteroatoms. The number of pyridine rings is 1. The SMILES string of the molecule is CCCC(=O)N(C)C1CCN(c2ccccn2)CC1. The number of aromatic nitrogens is 1. The van der Waals surface area contributed by atoms with Crippen LogP contribution in [0.1, 0.15) is 32.6 Å². The lowest BCUT2D eigenvalue weighted by Gasteiger charge is -2.37. The lowest BCUT2D eigenvalue weighted by atomic mass is 10.0. The average molecular weight is 261 g/mol. The van der Waals surface area contributed by atoms with Crippen molar-refractivity contribution in [3.63, 3.8) is 0 Å². The number of hydrogen-bond donors (Lipinski definition) is 0. The van der Waals surface area contributed by atoms with Crippen LogP contribution in [0.4, 0.5) is 5.82 Å². The minimum absolute atomic E-state index is 0.277. The molecule has 0 saturated carbocycles. The van der Waals surface area contributed by atoms with Crippen molar-refractivity contribution in [2.45, 2.75) is 38.6 Å². The Bertz CT molecular complexity index is 399. The van der Waals surface area contributed by atoms with Crippen LogP contribution in [-0.2, 0) is 4.79 Å². The molecule has 0 spiro atoms. The third-order valence-electron chi connectivity index (χ3n) is 3.84. The van der Waals surface area contributed by atoms with Crippen LogP contribution >= 0.6 is 0 Å². The van der Waals surface area contributed by atoms with E-state index in [-0.39, 0.29) is 5.91 Å². The van der Waals surface area contributed by atoms with Crippen LogP contribution in [0.25, 0.3) is 0 Å². The monoisotopic (exact) mass is 261 g/mol. The second kappa shape index (κ2) is 6.55. The lowest BCUT2D eigenvalue weighted by molar-refractivity contribution is -0.132. The van der Waals surface area contributed by atoms with Gasteiger partial charge in [0.25, 0.3) is 0 Å². The molecule has 2 heterocycles. The zero-order chi connectivity index (χ0) is 13.7. The fourth-order valence-corrected chi connectivity index (χ4v) is 2.62. The van der Waals surface area contributed by atoms with E-state index in [1.54, 1.807) is 0 Å². The molecule has 0 aromatic carbocycles. The van der Waals surface area contributed by atoms with Gasteiger partial charge in [0, 0.05) is 38.8 Å². The summed E-state index contributed by atoms with van der Waals surface area (Å²) in [4.78, 5) is 20.5. The van der Waals surface area contributed by atoms with E-state index in [4.69, 9.17) is 0 Å². The third kappa shape index (κ3) is 3.46. The molecule has 0 atom stereocenters. The zero-order valence-electron chi connectivity index (χ0n) is 11.9. The van der Waals surface area contributed by atoms with Gasteiger partial charge in [-0.2, -0.15) is 0 Å². The molecule has 1 aliphatic rings. The highest BCUT2D eigenvalue weighted by molar-refractivity contribution is 5.76. The number of carbonyl (C=O) groups is 1. The van der Waals surface area contributed by atoms with Crippen LogP contribution in [0.5, 0.6) is 0 Å². The fourth-order valence-electron chi connectivity index (χ4n) is 2.62. The smallest absolute Gasteiger partial charge is 0.222 e. The van der Waals surface area contributed by atoms with Gasteiger partial charge in [-0.25, -0.2) is 4.98 Å². The van der Waals surface area contributed by atoms with Gasteiger partial charge in [0.2, 0.25) is 5.91 Å². The normalized spacial score (nSPS) is 16.4. The number of piperidine rings is 1. The van der Waals surface area contributed by atoms with Gasteiger partial charge in [-0.1, -0.05) is 13.0 Å². The maximum atomic E-state index is 11.9. The van der Waals surface area contributed by atoms with Crippen LogP contribution in [0.2, 0.25) is 0 Å². The van der Waals surface area contributed by atoms with E-state index in [2.05, 4.69) is 16.8 Å². The Labute approximate surface area is 115 Å². The molecule has 0 aliphatic carbocycles. The summed E-state index contributed by atoms with van der Waals surface area (Å²) in [6, 6.07) is 6.39. The second-order valence-electron chi connectivity index (χ2n) is 5.16. The van der Waals surface area contributed by atoms with Gasteiger partial charge in [-0.15, -0.1) is 0 Å².